The van der Waals surface area contributed by atoms with Crippen molar-refractivity contribution in [3.8, 4) is 5.75 Å². The molecule has 1 rings (SSSR count). The molecule has 0 aliphatic heterocycles. The second kappa shape index (κ2) is 7.00. The average Bonchev–Trinajstić information content (AvgIpc) is 2.39. The van der Waals surface area contributed by atoms with Crippen molar-refractivity contribution < 1.29 is 19.4 Å². The zero-order chi connectivity index (χ0) is 14.3. The molecule has 0 radical (unpaired) electrons. The molecule has 0 unspecified atom stereocenters. The van der Waals surface area contributed by atoms with Crippen molar-refractivity contribution in [3.63, 3.8) is 0 Å². The van der Waals surface area contributed by atoms with E-state index in [2.05, 4.69) is 5.32 Å². The quantitative estimate of drug-likeness (QED) is 0.630. The van der Waals surface area contributed by atoms with Crippen LogP contribution >= 0.6 is 0 Å². The number of nitrogens with one attached hydrogen (secondary N) is 1. The van der Waals surface area contributed by atoms with E-state index >= 15 is 0 Å². The summed E-state index contributed by atoms with van der Waals surface area (Å²) in [5, 5.41) is 11.6. The van der Waals surface area contributed by atoms with E-state index in [1.54, 1.807) is 24.3 Å². The van der Waals surface area contributed by atoms with Crippen molar-refractivity contribution in [1.29, 1.82) is 0 Å². The van der Waals surface area contributed by atoms with E-state index < -0.39 is 11.9 Å². The van der Waals surface area contributed by atoms with Gasteiger partial charge in [-0.15, -0.1) is 0 Å². The molecule has 0 saturated heterocycles. The molecular formula is C14H15NO4. The number of hydrogen-bond acceptors (Lipinski definition) is 3. The summed E-state index contributed by atoms with van der Waals surface area (Å²) in [4.78, 5) is 22.7. The van der Waals surface area contributed by atoms with Gasteiger partial charge in [-0.3, -0.25) is 4.79 Å². The number of allylic oxidation sites excluding steroid dienone is 3. The highest BCUT2D eigenvalue weighted by Crippen LogP contribution is 2.22. The number of carbonyl (C=O) groups is 2. The van der Waals surface area contributed by atoms with Crippen molar-refractivity contribution in [2.45, 2.75) is 6.92 Å². The van der Waals surface area contributed by atoms with E-state index in [0.717, 1.165) is 0 Å². The van der Waals surface area contributed by atoms with Crippen LogP contribution in [0.1, 0.15) is 17.3 Å². The minimum absolute atomic E-state index is 0.0212. The third-order valence-electron chi connectivity index (χ3n) is 2.27. The Kier molecular flexibility index (Phi) is 5.35. The van der Waals surface area contributed by atoms with Gasteiger partial charge in [0.2, 0.25) is 5.91 Å². The highest BCUT2D eigenvalue weighted by molar-refractivity contribution is 6.04. The zero-order valence-electron chi connectivity index (χ0n) is 10.7. The molecule has 19 heavy (non-hydrogen) atoms. The van der Waals surface area contributed by atoms with Crippen LogP contribution in [0.5, 0.6) is 5.75 Å². The van der Waals surface area contributed by atoms with Crippen LogP contribution in [0.25, 0.3) is 0 Å². The van der Waals surface area contributed by atoms with Crippen LogP contribution in [0.4, 0.5) is 5.69 Å². The highest BCUT2D eigenvalue weighted by atomic mass is 16.5. The number of hydrogen-bond donors (Lipinski definition) is 2. The molecule has 0 atom stereocenters. The molecule has 0 bridgehead atoms. The number of carbonyl (C=O) groups excluding carboxylic acids is 1. The summed E-state index contributed by atoms with van der Waals surface area (Å²) in [6, 6.07) is 4.43. The Morgan fingerprint density at radius 2 is 2.05 bits per heavy atom. The van der Waals surface area contributed by atoms with E-state index in [1.807, 2.05) is 6.92 Å². The summed E-state index contributed by atoms with van der Waals surface area (Å²) in [6.45, 7) is 1.83. The minimum Gasteiger partial charge on any atom is -0.497 e. The lowest BCUT2D eigenvalue weighted by Gasteiger charge is -2.08. The molecule has 2 N–H and O–H groups in total. The van der Waals surface area contributed by atoms with Crippen LogP contribution in [0, 0.1) is 0 Å². The number of methoxy groups -OCH3 is 1. The van der Waals surface area contributed by atoms with Crippen LogP contribution in [-0.4, -0.2) is 24.1 Å². The van der Waals surface area contributed by atoms with Gasteiger partial charge in [0.25, 0.3) is 0 Å². The molecule has 5 heteroatoms. The number of amides is 1. The molecule has 0 aromatic heterocycles. The molecule has 1 aromatic rings. The van der Waals surface area contributed by atoms with E-state index in [-0.39, 0.29) is 11.3 Å². The van der Waals surface area contributed by atoms with E-state index in [0.29, 0.717) is 5.75 Å². The Labute approximate surface area is 111 Å². The van der Waals surface area contributed by atoms with Gasteiger partial charge in [-0.05, 0) is 25.1 Å². The average molecular weight is 261 g/mol. The molecule has 5 nitrogen and oxygen atoms in total. The lowest BCUT2D eigenvalue weighted by Crippen LogP contribution is -2.12. The standard InChI is InChI=1S/C14H15NO4/c1-3-4-5-6-13(16)15-12-8-7-10(19-2)9-11(12)14(17)18/h3-9H,1-2H3,(H,15,16)(H,17,18)/b4-3?,6-5+. The number of ether oxygens (including phenoxy) is 1. The van der Waals surface area contributed by atoms with Gasteiger partial charge in [0.15, 0.2) is 0 Å². The summed E-state index contributed by atoms with van der Waals surface area (Å²) in [7, 11) is 1.44. The van der Waals surface area contributed by atoms with Crippen molar-refractivity contribution >= 4 is 17.6 Å². The fourth-order valence-corrected chi connectivity index (χ4v) is 1.36. The second-order valence-electron chi connectivity index (χ2n) is 3.59. The summed E-state index contributed by atoms with van der Waals surface area (Å²) < 4.78 is 4.95. The predicted molar refractivity (Wildman–Crippen MR) is 72.5 cm³/mol. The van der Waals surface area contributed by atoms with Gasteiger partial charge in [-0.1, -0.05) is 18.2 Å². The largest absolute Gasteiger partial charge is 0.497 e. The first kappa shape index (κ1) is 14.5. The predicted octanol–water partition coefficient (Wildman–Crippen LogP) is 2.46. The molecule has 100 valence electrons. The maximum atomic E-state index is 11.6. The van der Waals surface area contributed by atoms with Crippen molar-refractivity contribution in [3.05, 3.63) is 48.1 Å². The molecule has 0 saturated carbocycles. The fraction of sp³-hybridized carbons (Fsp3) is 0.143. The van der Waals surface area contributed by atoms with Crippen LogP contribution in [0.3, 0.4) is 0 Å². The smallest absolute Gasteiger partial charge is 0.337 e. The lowest BCUT2D eigenvalue weighted by molar-refractivity contribution is -0.111. The normalized spacial score (nSPS) is 10.8. The van der Waals surface area contributed by atoms with Gasteiger partial charge in [0.1, 0.15) is 5.75 Å². The molecule has 1 amide bonds. The maximum Gasteiger partial charge on any atom is 0.337 e. The molecule has 0 fully saturated rings. The number of anilines is 1. The van der Waals surface area contributed by atoms with Gasteiger partial charge in [0, 0.05) is 6.08 Å². The first-order valence-corrected chi connectivity index (χ1v) is 5.60. The summed E-state index contributed by atoms with van der Waals surface area (Å²) >= 11 is 0. The fourth-order valence-electron chi connectivity index (χ4n) is 1.36. The highest BCUT2D eigenvalue weighted by Gasteiger charge is 2.12. The Bertz CT molecular complexity index is 532. The Morgan fingerprint density at radius 3 is 2.63 bits per heavy atom. The number of aromatic carboxylic acids is 1. The van der Waals surface area contributed by atoms with Crippen molar-refractivity contribution in [1.82, 2.24) is 0 Å². The van der Waals surface area contributed by atoms with E-state index in [4.69, 9.17) is 9.84 Å². The third kappa shape index (κ3) is 4.31. The van der Waals surface area contributed by atoms with E-state index in [9.17, 15) is 9.59 Å². The van der Waals surface area contributed by atoms with Gasteiger partial charge < -0.3 is 15.2 Å². The summed E-state index contributed by atoms with van der Waals surface area (Å²) in [6.07, 6.45) is 6.36. The lowest BCUT2D eigenvalue weighted by atomic mass is 10.1. The number of carboxylic acid groups (broad SMARTS) is 1. The maximum absolute atomic E-state index is 11.6. The zero-order valence-corrected chi connectivity index (χ0v) is 10.7. The minimum atomic E-state index is -1.13. The van der Waals surface area contributed by atoms with Crippen LogP contribution < -0.4 is 10.1 Å². The SMILES string of the molecule is CC=C/C=C/C(=O)Nc1ccc(OC)cc1C(=O)O. The van der Waals surface area contributed by atoms with Crippen molar-refractivity contribution in [2.75, 3.05) is 12.4 Å². The van der Waals surface area contributed by atoms with Crippen molar-refractivity contribution in [2.24, 2.45) is 0 Å². The molecule has 0 aliphatic carbocycles. The van der Waals surface area contributed by atoms with Gasteiger partial charge in [-0.2, -0.15) is 0 Å². The van der Waals surface area contributed by atoms with Crippen LogP contribution in [0.15, 0.2) is 42.5 Å². The molecule has 1 aromatic carbocycles. The molecular weight excluding hydrogens is 246 g/mol. The first-order valence-electron chi connectivity index (χ1n) is 5.60. The summed E-state index contributed by atoms with van der Waals surface area (Å²) in [5.41, 5.74) is 0.204. The molecule has 0 spiro atoms. The van der Waals surface area contributed by atoms with Gasteiger partial charge in [0.05, 0.1) is 18.4 Å². The third-order valence-corrected chi connectivity index (χ3v) is 2.27. The number of carboxylic acids is 1. The number of rotatable bonds is 5. The Hall–Kier alpha value is -2.56. The topological polar surface area (TPSA) is 75.6 Å². The Morgan fingerprint density at radius 1 is 1.32 bits per heavy atom. The van der Waals surface area contributed by atoms with Gasteiger partial charge in [-0.25, -0.2) is 4.79 Å². The number of benzene rings is 1. The first-order chi connectivity index (χ1) is 9.08. The molecule has 0 heterocycles. The van der Waals surface area contributed by atoms with Crippen LogP contribution in [0.2, 0.25) is 0 Å². The molecule has 0 aliphatic rings. The Balaban J connectivity index is 2.94. The monoisotopic (exact) mass is 261 g/mol. The van der Waals surface area contributed by atoms with E-state index in [1.165, 1.54) is 25.3 Å². The van der Waals surface area contributed by atoms with Crippen LogP contribution in [-0.2, 0) is 4.79 Å². The van der Waals surface area contributed by atoms with Gasteiger partial charge >= 0.3 is 5.97 Å². The summed E-state index contributed by atoms with van der Waals surface area (Å²) in [5.74, 6) is -1.11. The second-order valence-corrected chi connectivity index (χ2v) is 3.59.